The Morgan fingerprint density at radius 2 is 1.90 bits per heavy atom. The van der Waals surface area contributed by atoms with E-state index in [-0.39, 0.29) is 0 Å². The van der Waals surface area contributed by atoms with Crippen LogP contribution in [-0.4, -0.2) is 7.05 Å². The molecule has 0 fully saturated rings. The van der Waals surface area contributed by atoms with Gasteiger partial charge in [-0.25, -0.2) is 0 Å². The molecule has 2 aliphatic rings. The van der Waals surface area contributed by atoms with Gasteiger partial charge in [-0.1, -0.05) is 36.4 Å². The SMILES string of the molecule is Cc1cc2c(c3c1C=CCC=3)=Cc1ccccc1N2C. The second kappa shape index (κ2) is 4.11. The molecule has 98 valence electrons. The van der Waals surface area contributed by atoms with Gasteiger partial charge in [0.05, 0.1) is 0 Å². The minimum atomic E-state index is 1.03. The molecule has 0 bridgehead atoms. The second-order valence-corrected chi connectivity index (χ2v) is 5.56. The van der Waals surface area contributed by atoms with Gasteiger partial charge in [0.2, 0.25) is 0 Å². The molecule has 0 N–H and O–H groups in total. The summed E-state index contributed by atoms with van der Waals surface area (Å²) < 4.78 is 0. The van der Waals surface area contributed by atoms with Gasteiger partial charge in [0.1, 0.15) is 0 Å². The number of nitrogens with zero attached hydrogens (tertiary/aromatic N) is 1. The van der Waals surface area contributed by atoms with Crippen molar-refractivity contribution < 1.29 is 0 Å². The van der Waals surface area contributed by atoms with E-state index in [2.05, 4.69) is 73.5 Å². The summed E-state index contributed by atoms with van der Waals surface area (Å²) in [4.78, 5) is 2.31. The molecule has 0 atom stereocenters. The zero-order chi connectivity index (χ0) is 13.7. The first kappa shape index (κ1) is 11.5. The van der Waals surface area contributed by atoms with Crippen LogP contribution < -0.4 is 15.3 Å². The highest BCUT2D eigenvalue weighted by atomic mass is 15.1. The van der Waals surface area contributed by atoms with Gasteiger partial charge in [-0.2, -0.15) is 0 Å². The predicted molar refractivity (Wildman–Crippen MR) is 86.6 cm³/mol. The van der Waals surface area contributed by atoms with Gasteiger partial charge in [0.25, 0.3) is 0 Å². The predicted octanol–water partition coefficient (Wildman–Crippen LogP) is 3.10. The number of hydrogen-bond acceptors (Lipinski definition) is 1. The minimum Gasteiger partial charge on any atom is -0.344 e. The van der Waals surface area contributed by atoms with Gasteiger partial charge in [-0.15, -0.1) is 0 Å². The van der Waals surface area contributed by atoms with Crippen molar-refractivity contribution in [2.45, 2.75) is 13.3 Å². The van der Waals surface area contributed by atoms with E-state index >= 15 is 0 Å². The van der Waals surface area contributed by atoms with Crippen LogP contribution in [0.25, 0.3) is 18.2 Å². The molecule has 2 aromatic rings. The van der Waals surface area contributed by atoms with Crippen molar-refractivity contribution in [1.82, 2.24) is 0 Å². The van der Waals surface area contributed by atoms with Gasteiger partial charge in [-0.05, 0) is 53.5 Å². The van der Waals surface area contributed by atoms with Crippen molar-refractivity contribution in [3.63, 3.8) is 0 Å². The van der Waals surface area contributed by atoms with Crippen LogP contribution in [-0.2, 0) is 0 Å². The zero-order valence-corrected chi connectivity index (χ0v) is 11.9. The lowest BCUT2D eigenvalue weighted by Crippen LogP contribution is -2.36. The lowest BCUT2D eigenvalue weighted by Gasteiger charge is -2.27. The Morgan fingerprint density at radius 3 is 2.80 bits per heavy atom. The molecule has 0 saturated carbocycles. The number of hydrogen-bond donors (Lipinski definition) is 0. The molecule has 0 radical (unpaired) electrons. The normalized spacial score (nSPS) is 14.8. The number of aryl methyl sites for hydroxylation is 1. The number of fused-ring (bicyclic) bond motifs is 4. The Kier molecular flexibility index (Phi) is 2.37. The first-order valence-corrected chi connectivity index (χ1v) is 7.10. The topological polar surface area (TPSA) is 3.24 Å². The second-order valence-electron chi connectivity index (χ2n) is 5.56. The summed E-state index contributed by atoms with van der Waals surface area (Å²) >= 11 is 0. The van der Waals surface area contributed by atoms with E-state index in [1.807, 2.05) is 0 Å². The van der Waals surface area contributed by atoms with Gasteiger partial charge in [0.15, 0.2) is 0 Å². The van der Waals surface area contributed by atoms with Crippen molar-refractivity contribution >= 4 is 29.6 Å². The summed E-state index contributed by atoms with van der Waals surface area (Å²) in [5.74, 6) is 0. The summed E-state index contributed by atoms with van der Waals surface area (Å²) in [6, 6.07) is 10.9. The molecular formula is C19H17N. The quantitative estimate of drug-likeness (QED) is 0.702. The fourth-order valence-electron chi connectivity index (χ4n) is 3.30. The maximum Gasteiger partial charge on any atom is 0.0491 e. The van der Waals surface area contributed by atoms with Crippen molar-refractivity contribution in [1.29, 1.82) is 0 Å². The average Bonchev–Trinajstić information content (AvgIpc) is 2.49. The van der Waals surface area contributed by atoms with E-state index in [0.717, 1.165) is 6.42 Å². The number of anilines is 2. The van der Waals surface area contributed by atoms with E-state index in [1.165, 1.54) is 38.5 Å². The van der Waals surface area contributed by atoms with Crippen LogP contribution in [0.2, 0.25) is 0 Å². The Morgan fingerprint density at radius 1 is 1.05 bits per heavy atom. The third-order valence-corrected chi connectivity index (χ3v) is 4.34. The van der Waals surface area contributed by atoms with E-state index in [9.17, 15) is 0 Å². The summed E-state index contributed by atoms with van der Waals surface area (Å²) in [7, 11) is 2.16. The lowest BCUT2D eigenvalue weighted by atomic mass is 9.94. The van der Waals surface area contributed by atoms with Crippen molar-refractivity contribution in [2.75, 3.05) is 11.9 Å². The molecule has 2 aromatic carbocycles. The maximum atomic E-state index is 2.35. The van der Waals surface area contributed by atoms with Crippen molar-refractivity contribution in [3.05, 3.63) is 63.5 Å². The van der Waals surface area contributed by atoms with Crippen LogP contribution in [0.3, 0.4) is 0 Å². The molecule has 4 rings (SSSR count). The van der Waals surface area contributed by atoms with Crippen LogP contribution >= 0.6 is 0 Å². The van der Waals surface area contributed by atoms with Gasteiger partial charge in [0, 0.05) is 23.6 Å². The Bertz CT molecular complexity index is 856. The Hall–Kier alpha value is -2.28. The van der Waals surface area contributed by atoms with Crippen LogP contribution in [0.1, 0.15) is 23.1 Å². The zero-order valence-electron chi connectivity index (χ0n) is 11.9. The van der Waals surface area contributed by atoms with Gasteiger partial charge < -0.3 is 4.90 Å². The Labute approximate surface area is 119 Å². The fourth-order valence-corrected chi connectivity index (χ4v) is 3.30. The molecule has 0 spiro atoms. The molecule has 1 heteroatoms. The van der Waals surface area contributed by atoms with Gasteiger partial charge >= 0.3 is 0 Å². The standard InChI is InChI=1S/C19H17N/c1-13-11-19-17(16-9-5-4-8-15(13)16)12-14-7-3-6-10-18(14)20(19)2/h3-4,6-12H,5H2,1-2H3. The third-order valence-electron chi connectivity index (χ3n) is 4.34. The molecule has 0 saturated heterocycles. The molecule has 1 aliphatic heterocycles. The van der Waals surface area contributed by atoms with Crippen LogP contribution in [0, 0.1) is 6.92 Å². The molecular weight excluding hydrogens is 242 g/mol. The van der Waals surface area contributed by atoms with E-state index in [0.29, 0.717) is 0 Å². The highest BCUT2D eigenvalue weighted by Gasteiger charge is 2.17. The van der Waals surface area contributed by atoms with Crippen LogP contribution in [0.5, 0.6) is 0 Å². The largest absolute Gasteiger partial charge is 0.344 e. The summed E-state index contributed by atoms with van der Waals surface area (Å²) in [6.45, 7) is 2.21. The number of benzene rings is 2. The molecule has 20 heavy (non-hydrogen) atoms. The van der Waals surface area contributed by atoms with E-state index in [1.54, 1.807) is 0 Å². The summed E-state index contributed by atoms with van der Waals surface area (Å²) in [6.07, 6.45) is 10.2. The van der Waals surface area contributed by atoms with E-state index in [4.69, 9.17) is 0 Å². The lowest BCUT2D eigenvalue weighted by molar-refractivity contribution is 1.15. The minimum absolute atomic E-state index is 1.03. The molecule has 1 aliphatic carbocycles. The molecule has 1 nitrogen and oxygen atoms in total. The average molecular weight is 259 g/mol. The monoisotopic (exact) mass is 259 g/mol. The number of rotatable bonds is 0. The summed E-state index contributed by atoms with van der Waals surface area (Å²) in [5, 5.41) is 2.75. The molecule has 0 unspecified atom stereocenters. The first-order chi connectivity index (χ1) is 9.75. The molecule has 1 heterocycles. The van der Waals surface area contributed by atoms with E-state index < -0.39 is 0 Å². The Balaban J connectivity index is 2.17. The highest BCUT2D eigenvalue weighted by molar-refractivity contribution is 5.81. The van der Waals surface area contributed by atoms with Gasteiger partial charge in [-0.3, -0.25) is 0 Å². The van der Waals surface area contributed by atoms with Crippen molar-refractivity contribution in [3.8, 4) is 0 Å². The van der Waals surface area contributed by atoms with Crippen LogP contribution in [0.15, 0.2) is 36.4 Å². The molecule has 0 amide bonds. The molecule has 0 aromatic heterocycles. The van der Waals surface area contributed by atoms with Crippen molar-refractivity contribution in [2.24, 2.45) is 0 Å². The number of para-hydroxylation sites is 1. The first-order valence-electron chi connectivity index (χ1n) is 7.10. The third kappa shape index (κ3) is 1.50. The van der Waals surface area contributed by atoms with Crippen LogP contribution in [0.4, 0.5) is 11.4 Å². The smallest absolute Gasteiger partial charge is 0.0491 e. The highest BCUT2D eigenvalue weighted by Crippen LogP contribution is 2.29. The fraction of sp³-hybridized carbons (Fsp3) is 0.158. The summed E-state index contributed by atoms with van der Waals surface area (Å²) in [5.41, 5.74) is 6.62. The number of allylic oxidation sites excluding steroid dienone is 1. The maximum absolute atomic E-state index is 2.35.